The van der Waals surface area contributed by atoms with Gasteiger partial charge in [0.05, 0.1) is 5.02 Å². The SMILES string of the molecule is CCCn1ncnc1CC(NC)c1cccc(Br)c1Cl. The molecule has 108 valence electrons. The molecule has 0 amide bonds. The Hall–Kier alpha value is -0.910. The first-order valence-electron chi connectivity index (χ1n) is 6.65. The first-order valence-corrected chi connectivity index (χ1v) is 7.82. The second kappa shape index (κ2) is 7.20. The van der Waals surface area contributed by atoms with E-state index < -0.39 is 0 Å². The monoisotopic (exact) mass is 356 g/mol. The Morgan fingerprint density at radius 2 is 2.25 bits per heavy atom. The van der Waals surface area contributed by atoms with Gasteiger partial charge in [-0.15, -0.1) is 0 Å². The number of nitrogens with one attached hydrogen (secondary N) is 1. The molecule has 20 heavy (non-hydrogen) atoms. The molecule has 0 radical (unpaired) electrons. The van der Waals surface area contributed by atoms with Crippen LogP contribution in [-0.2, 0) is 13.0 Å². The Bertz CT molecular complexity index is 570. The molecule has 0 saturated carbocycles. The van der Waals surface area contributed by atoms with E-state index in [4.69, 9.17) is 11.6 Å². The van der Waals surface area contributed by atoms with Crippen LogP contribution in [0.5, 0.6) is 0 Å². The standard InChI is InChI=1S/C14H18BrClN4/c1-3-7-20-13(18-9-19-20)8-12(17-2)10-5-4-6-11(15)14(10)16/h4-6,9,12,17H,3,7-8H2,1-2H3. The van der Waals surface area contributed by atoms with Gasteiger partial charge in [-0.1, -0.05) is 30.7 Å². The Morgan fingerprint density at radius 1 is 1.45 bits per heavy atom. The van der Waals surface area contributed by atoms with E-state index >= 15 is 0 Å². The van der Waals surface area contributed by atoms with Gasteiger partial charge in [-0.05, 0) is 41.0 Å². The molecule has 1 atom stereocenters. The molecule has 1 unspecified atom stereocenters. The summed E-state index contributed by atoms with van der Waals surface area (Å²) in [6.45, 7) is 3.02. The second-order valence-electron chi connectivity index (χ2n) is 4.59. The van der Waals surface area contributed by atoms with Gasteiger partial charge in [-0.2, -0.15) is 5.10 Å². The molecule has 6 heteroatoms. The van der Waals surface area contributed by atoms with Crippen LogP contribution in [0.2, 0.25) is 5.02 Å². The number of aryl methyl sites for hydroxylation is 1. The van der Waals surface area contributed by atoms with E-state index in [0.717, 1.165) is 40.3 Å². The van der Waals surface area contributed by atoms with Crippen molar-refractivity contribution >= 4 is 27.5 Å². The van der Waals surface area contributed by atoms with E-state index in [1.807, 2.05) is 29.9 Å². The maximum atomic E-state index is 6.38. The molecule has 0 aliphatic carbocycles. The maximum absolute atomic E-state index is 6.38. The Labute approximate surface area is 132 Å². The first-order chi connectivity index (χ1) is 9.67. The van der Waals surface area contributed by atoms with Crippen molar-refractivity contribution in [3.05, 3.63) is 45.4 Å². The van der Waals surface area contributed by atoms with Crippen LogP contribution < -0.4 is 5.32 Å². The van der Waals surface area contributed by atoms with E-state index in [0.29, 0.717) is 0 Å². The summed E-state index contributed by atoms with van der Waals surface area (Å²) in [6, 6.07) is 6.08. The van der Waals surface area contributed by atoms with Crippen LogP contribution in [0.1, 0.15) is 30.8 Å². The van der Waals surface area contributed by atoms with E-state index in [9.17, 15) is 0 Å². The minimum absolute atomic E-state index is 0.111. The predicted octanol–water partition coefficient (Wildman–Crippen LogP) is 3.61. The molecule has 1 aromatic heterocycles. The van der Waals surface area contributed by atoms with Crippen LogP contribution in [0.4, 0.5) is 0 Å². The third kappa shape index (κ3) is 3.40. The third-order valence-corrected chi connectivity index (χ3v) is 4.53. The summed E-state index contributed by atoms with van der Waals surface area (Å²) in [5, 5.41) is 8.31. The van der Waals surface area contributed by atoms with E-state index in [-0.39, 0.29) is 6.04 Å². The molecule has 1 aromatic carbocycles. The average Bonchev–Trinajstić information content (AvgIpc) is 2.87. The van der Waals surface area contributed by atoms with Crippen molar-refractivity contribution in [2.45, 2.75) is 32.4 Å². The van der Waals surface area contributed by atoms with E-state index in [1.54, 1.807) is 6.33 Å². The highest BCUT2D eigenvalue weighted by Crippen LogP contribution is 2.31. The van der Waals surface area contributed by atoms with E-state index in [2.05, 4.69) is 38.3 Å². The van der Waals surface area contributed by atoms with Crippen LogP contribution >= 0.6 is 27.5 Å². The summed E-state index contributed by atoms with van der Waals surface area (Å²) in [5.41, 5.74) is 1.06. The molecule has 1 N–H and O–H groups in total. The zero-order valence-electron chi connectivity index (χ0n) is 11.6. The van der Waals surface area contributed by atoms with Crippen LogP contribution in [0.15, 0.2) is 29.0 Å². The third-order valence-electron chi connectivity index (χ3n) is 3.22. The molecular weight excluding hydrogens is 340 g/mol. The van der Waals surface area contributed by atoms with Gasteiger partial charge in [0.25, 0.3) is 0 Å². The second-order valence-corrected chi connectivity index (χ2v) is 5.82. The van der Waals surface area contributed by atoms with E-state index in [1.165, 1.54) is 0 Å². The molecule has 0 spiro atoms. The van der Waals surface area contributed by atoms with Crippen LogP contribution in [-0.4, -0.2) is 21.8 Å². The Morgan fingerprint density at radius 3 is 2.95 bits per heavy atom. The van der Waals surface area contributed by atoms with Gasteiger partial charge in [-0.3, -0.25) is 4.68 Å². The Balaban J connectivity index is 2.24. The summed E-state index contributed by atoms with van der Waals surface area (Å²) < 4.78 is 2.86. The minimum atomic E-state index is 0.111. The molecule has 0 saturated heterocycles. The van der Waals surface area contributed by atoms with Gasteiger partial charge < -0.3 is 5.32 Å². The lowest BCUT2D eigenvalue weighted by molar-refractivity contribution is 0.517. The molecular formula is C14H18BrClN4. The number of halogens is 2. The number of likely N-dealkylation sites (N-methyl/N-ethyl adjacent to an activating group) is 1. The lowest BCUT2D eigenvalue weighted by atomic mass is 10.0. The van der Waals surface area contributed by atoms with Crippen molar-refractivity contribution in [2.24, 2.45) is 0 Å². The highest BCUT2D eigenvalue weighted by Gasteiger charge is 2.17. The van der Waals surface area contributed by atoms with Gasteiger partial charge in [0, 0.05) is 23.5 Å². The topological polar surface area (TPSA) is 42.7 Å². The van der Waals surface area contributed by atoms with Gasteiger partial charge in [-0.25, -0.2) is 4.98 Å². The maximum Gasteiger partial charge on any atom is 0.138 e. The highest BCUT2D eigenvalue weighted by molar-refractivity contribution is 9.10. The average molecular weight is 358 g/mol. The van der Waals surface area contributed by atoms with Crippen molar-refractivity contribution < 1.29 is 0 Å². The van der Waals surface area contributed by atoms with Crippen molar-refractivity contribution in [1.82, 2.24) is 20.1 Å². The molecule has 2 rings (SSSR count). The van der Waals surface area contributed by atoms with Crippen molar-refractivity contribution in [2.75, 3.05) is 7.05 Å². The molecule has 1 heterocycles. The number of aromatic nitrogens is 3. The molecule has 0 aliphatic rings. The number of hydrogen-bond acceptors (Lipinski definition) is 3. The summed E-state index contributed by atoms with van der Waals surface area (Å²) in [6.07, 6.45) is 3.41. The summed E-state index contributed by atoms with van der Waals surface area (Å²) in [4.78, 5) is 4.36. The molecule has 0 fully saturated rings. The predicted molar refractivity (Wildman–Crippen MR) is 85.0 cm³/mol. The van der Waals surface area contributed by atoms with Crippen LogP contribution in [0.3, 0.4) is 0 Å². The smallest absolute Gasteiger partial charge is 0.138 e. The largest absolute Gasteiger partial charge is 0.313 e. The minimum Gasteiger partial charge on any atom is -0.313 e. The van der Waals surface area contributed by atoms with Gasteiger partial charge in [0.1, 0.15) is 12.2 Å². The zero-order chi connectivity index (χ0) is 14.5. The van der Waals surface area contributed by atoms with Crippen molar-refractivity contribution in [1.29, 1.82) is 0 Å². The molecule has 0 bridgehead atoms. The fraction of sp³-hybridized carbons (Fsp3) is 0.429. The summed E-state index contributed by atoms with van der Waals surface area (Å²) >= 11 is 9.85. The Kier molecular flexibility index (Phi) is 5.57. The number of hydrogen-bond donors (Lipinski definition) is 1. The quantitative estimate of drug-likeness (QED) is 0.859. The zero-order valence-corrected chi connectivity index (χ0v) is 13.9. The fourth-order valence-corrected chi connectivity index (χ4v) is 2.82. The van der Waals surface area contributed by atoms with Crippen molar-refractivity contribution in [3.63, 3.8) is 0 Å². The van der Waals surface area contributed by atoms with Crippen LogP contribution in [0.25, 0.3) is 0 Å². The van der Waals surface area contributed by atoms with Crippen molar-refractivity contribution in [3.8, 4) is 0 Å². The lowest BCUT2D eigenvalue weighted by Gasteiger charge is -2.18. The highest BCUT2D eigenvalue weighted by atomic mass is 79.9. The van der Waals surface area contributed by atoms with Gasteiger partial charge in [0.2, 0.25) is 0 Å². The van der Waals surface area contributed by atoms with Crippen LogP contribution in [0, 0.1) is 0 Å². The summed E-state index contributed by atoms with van der Waals surface area (Å²) in [7, 11) is 1.93. The van der Waals surface area contributed by atoms with Gasteiger partial charge in [0.15, 0.2) is 0 Å². The molecule has 0 aliphatic heterocycles. The fourth-order valence-electron chi connectivity index (χ4n) is 2.18. The number of benzene rings is 1. The summed E-state index contributed by atoms with van der Waals surface area (Å²) in [5.74, 6) is 0.974. The first kappa shape index (κ1) is 15.5. The normalized spacial score (nSPS) is 12.6. The lowest BCUT2D eigenvalue weighted by Crippen LogP contribution is -2.21. The van der Waals surface area contributed by atoms with Gasteiger partial charge >= 0.3 is 0 Å². The number of rotatable bonds is 6. The molecule has 4 nitrogen and oxygen atoms in total. The molecule has 2 aromatic rings. The number of nitrogens with zero attached hydrogens (tertiary/aromatic N) is 3.